The molecule has 0 saturated carbocycles. The Bertz CT molecular complexity index is 1360. The van der Waals surface area contributed by atoms with Crippen molar-refractivity contribution in [3.63, 3.8) is 0 Å². The van der Waals surface area contributed by atoms with Crippen LogP contribution in [0.5, 0.6) is 0 Å². The molecule has 0 spiro atoms. The van der Waals surface area contributed by atoms with E-state index in [9.17, 15) is 18.0 Å². The molecule has 3 aromatic carbocycles. The van der Waals surface area contributed by atoms with Crippen LogP contribution < -0.4 is 9.62 Å². The Morgan fingerprint density at radius 2 is 1.58 bits per heavy atom. The fraction of sp³-hybridized carbons (Fsp3) is 0.310. The van der Waals surface area contributed by atoms with E-state index in [1.807, 2.05) is 38.1 Å². The molecule has 1 N–H and O–H groups in total. The summed E-state index contributed by atoms with van der Waals surface area (Å²) in [5.74, 6) is -0.791. The minimum Gasteiger partial charge on any atom is -0.354 e. The highest BCUT2D eigenvalue weighted by Crippen LogP contribution is 2.28. The molecule has 3 rings (SSSR count). The zero-order chi connectivity index (χ0) is 27.9. The van der Waals surface area contributed by atoms with Crippen molar-refractivity contribution in [1.29, 1.82) is 0 Å². The van der Waals surface area contributed by atoms with Crippen molar-refractivity contribution in [2.45, 2.75) is 51.6 Å². The van der Waals surface area contributed by atoms with E-state index >= 15 is 0 Å². The number of hydrogen-bond acceptors (Lipinski definition) is 4. The second-order valence-corrected chi connectivity index (χ2v) is 11.5. The standard InChI is InChI=1S/C29H34ClN3O4S/c1-5-18-31-29(35)23(4)32(19-24-12-10-21(2)11-13-24)28(34)20-33(27-9-7-6-8-22(27)3)38(36,37)26-16-14-25(30)15-17-26/h6-17,23H,5,18-20H2,1-4H3,(H,31,35)/t23-/m0/s1. The molecule has 0 fully saturated rings. The number of carbonyl (C=O) groups is 2. The minimum atomic E-state index is -4.13. The first-order valence-corrected chi connectivity index (χ1v) is 14.3. The highest BCUT2D eigenvalue weighted by molar-refractivity contribution is 7.92. The van der Waals surface area contributed by atoms with Gasteiger partial charge < -0.3 is 10.2 Å². The van der Waals surface area contributed by atoms with Crippen molar-refractivity contribution >= 4 is 39.1 Å². The molecular formula is C29H34ClN3O4S. The maximum Gasteiger partial charge on any atom is 0.264 e. The summed E-state index contributed by atoms with van der Waals surface area (Å²) in [5, 5.41) is 3.24. The summed E-state index contributed by atoms with van der Waals surface area (Å²) < 4.78 is 28.8. The SMILES string of the molecule is CCCNC(=O)[C@H](C)N(Cc1ccc(C)cc1)C(=O)CN(c1ccccc1C)S(=O)(=O)c1ccc(Cl)cc1. The molecule has 0 bridgehead atoms. The van der Waals surface area contributed by atoms with E-state index in [1.165, 1.54) is 29.2 Å². The Balaban J connectivity index is 2.02. The highest BCUT2D eigenvalue weighted by Gasteiger charge is 2.33. The van der Waals surface area contributed by atoms with Gasteiger partial charge >= 0.3 is 0 Å². The van der Waals surface area contributed by atoms with Crippen LogP contribution in [0.4, 0.5) is 5.69 Å². The molecule has 0 aliphatic rings. The molecule has 0 heterocycles. The van der Waals surface area contributed by atoms with Crippen LogP contribution in [0.1, 0.15) is 37.0 Å². The Kier molecular flexibility index (Phi) is 9.94. The molecular weight excluding hydrogens is 522 g/mol. The number of rotatable bonds is 11. The number of nitrogens with zero attached hydrogens (tertiary/aromatic N) is 2. The van der Waals surface area contributed by atoms with Gasteiger partial charge in [0.05, 0.1) is 10.6 Å². The normalized spacial score (nSPS) is 12.0. The summed E-state index contributed by atoms with van der Waals surface area (Å²) in [6, 6.07) is 19.7. The predicted octanol–water partition coefficient (Wildman–Crippen LogP) is 5.10. The van der Waals surface area contributed by atoms with Gasteiger partial charge in [-0.2, -0.15) is 0 Å². The number of anilines is 1. The topological polar surface area (TPSA) is 86.8 Å². The molecule has 0 aliphatic carbocycles. The van der Waals surface area contributed by atoms with E-state index in [4.69, 9.17) is 11.6 Å². The van der Waals surface area contributed by atoms with Crippen molar-refractivity contribution in [3.05, 3.63) is 94.5 Å². The van der Waals surface area contributed by atoms with Crippen LogP contribution in [-0.2, 0) is 26.2 Å². The van der Waals surface area contributed by atoms with E-state index < -0.39 is 28.5 Å². The lowest BCUT2D eigenvalue weighted by atomic mass is 10.1. The van der Waals surface area contributed by atoms with Gasteiger partial charge in [0.2, 0.25) is 11.8 Å². The van der Waals surface area contributed by atoms with E-state index in [0.717, 1.165) is 21.9 Å². The molecule has 1 atom stereocenters. The smallest absolute Gasteiger partial charge is 0.264 e. The van der Waals surface area contributed by atoms with E-state index in [2.05, 4.69) is 5.32 Å². The number of hydrogen-bond donors (Lipinski definition) is 1. The van der Waals surface area contributed by atoms with Gasteiger partial charge in [-0.1, -0.05) is 66.6 Å². The summed E-state index contributed by atoms with van der Waals surface area (Å²) in [6.07, 6.45) is 0.755. The molecule has 0 unspecified atom stereocenters. The Hall–Kier alpha value is -3.36. The zero-order valence-corrected chi connectivity index (χ0v) is 23.7. The molecule has 0 radical (unpaired) electrons. The van der Waals surface area contributed by atoms with Gasteiger partial charge in [-0.05, 0) is 68.7 Å². The van der Waals surface area contributed by atoms with Crippen LogP contribution in [0.15, 0.2) is 77.7 Å². The average molecular weight is 556 g/mol. The first-order chi connectivity index (χ1) is 18.0. The van der Waals surface area contributed by atoms with Gasteiger partial charge in [0.1, 0.15) is 12.6 Å². The zero-order valence-electron chi connectivity index (χ0n) is 22.1. The molecule has 7 nitrogen and oxygen atoms in total. The molecule has 3 aromatic rings. The number of benzene rings is 3. The molecule has 0 aliphatic heterocycles. The summed E-state index contributed by atoms with van der Waals surface area (Å²) >= 11 is 5.99. The highest BCUT2D eigenvalue weighted by atomic mass is 35.5. The number of sulfonamides is 1. The molecule has 38 heavy (non-hydrogen) atoms. The minimum absolute atomic E-state index is 0.0109. The molecule has 202 valence electrons. The lowest BCUT2D eigenvalue weighted by Gasteiger charge is -2.32. The summed E-state index contributed by atoms with van der Waals surface area (Å²) in [5.41, 5.74) is 2.98. The lowest BCUT2D eigenvalue weighted by Crippen LogP contribution is -2.51. The Morgan fingerprint density at radius 3 is 2.18 bits per heavy atom. The monoisotopic (exact) mass is 555 g/mol. The fourth-order valence-corrected chi connectivity index (χ4v) is 5.56. The maximum atomic E-state index is 13.9. The fourth-order valence-electron chi connectivity index (χ4n) is 3.96. The van der Waals surface area contributed by atoms with E-state index in [1.54, 1.807) is 38.1 Å². The van der Waals surface area contributed by atoms with Crippen molar-refractivity contribution in [1.82, 2.24) is 10.2 Å². The van der Waals surface area contributed by atoms with Crippen molar-refractivity contribution in [2.24, 2.45) is 0 Å². The van der Waals surface area contributed by atoms with Crippen molar-refractivity contribution in [2.75, 3.05) is 17.4 Å². The number of para-hydroxylation sites is 1. The number of carbonyl (C=O) groups excluding carboxylic acids is 2. The predicted molar refractivity (Wildman–Crippen MR) is 152 cm³/mol. The first kappa shape index (κ1) is 29.2. The van der Waals surface area contributed by atoms with Gasteiger partial charge in [0.25, 0.3) is 10.0 Å². The van der Waals surface area contributed by atoms with E-state index in [0.29, 0.717) is 22.8 Å². The van der Waals surface area contributed by atoms with Crippen LogP contribution in [0.3, 0.4) is 0 Å². The summed E-state index contributed by atoms with van der Waals surface area (Å²) in [7, 11) is -4.13. The van der Waals surface area contributed by atoms with Gasteiger partial charge in [-0.25, -0.2) is 8.42 Å². The van der Waals surface area contributed by atoms with Crippen LogP contribution in [-0.4, -0.2) is 44.3 Å². The Morgan fingerprint density at radius 1 is 0.947 bits per heavy atom. The molecule has 9 heteroatoms. The van der Waals surface area contributed by atoms with Gasteiger partial charge in [-0.15, -0.1) is 0 Å². The summed E-state index contributed by atoms with van der Waals surface area (Å²) in [4.78, 5) is 28.2. The van der Waals surface area contributed by atoms with Crippen molar-refractivity contribution in [3.8, 4) is 0 Å². The third kappa shape index (κ3) is 7.14. The lowest BCUT2D eigenvalue weighted by molar-refractivity contribution is -0.139. The Labute approximate surface area is 230 Å². The maximum absolute atomic E-state index is 13.9. The second-order valence-electron chi connectivity index (χ2n) is 9.23. The third-order valence-corrected chi connectivity index (χ3v) is 8.28. The molecule has 0 saturated heterocycles. The van der Waals surface area contributed by atoms with Crippen molar-refractivity contribution < 1.29 is 18.0 Å². The second kappa shape index (κ2) is 12.9. The van der Waals surface area contributed by atoms with E-state index in [-0.39, 0.29) is 17.3 Å². The largest absolute Gasteiger partial charge is 0.354 e. The molecule has 2 amide bonds. The quantitative estimate of drug-likeness (QED) is 0.357. The number of amides is 2. The number of halogens is 1. The van der Waals surface area contributed by atoms with Crippen LogP contribution in [0, 0.1) is 13.8 Å². The number of nitrogens with one attached hydrogen (secondary N) is 1. The number of aryl methyl sites for hydroxylation is 2. The summed E-state index contributed by atoms with van der Waals surface area (Å²) in [6.45, 7) is 7.51. The first-order valence-electron chi connectivity index (χ1n) is 12.5. The third-order valence-electron chi connectivity index (χ3n) is 6.25. The molecule has 0 aromatic heterocycles. The van der Waals surface area contributed by atoms with Gasteiger partial charge in [0, 0.05) is 18.1 Å². The average Bonchev–Trinajstić information content (AvgIpc) is 2.90. The van der Waals surface area contributed by atoms with Crippen LogP contribution >= 0.6 is 11.6 Å². The van der Waals surface area contributed by atoms with Crippen LogP contribution in [0.25, 0.3) is 0 Å². The van der Waals surface area contributed by atoms with Crippen LogP contribution in [0.2, 0.25) is 5.02 Å². The van der Waals surface area contributed by atoms with Gasteiger partial charge in [-0.3, -0.25) is 13.9 Å². The van der Waals surface area contributed by atoms with Gasteiger partial charge in [0.15, 0.2) is 0 Å².